The summed E-state index contributed by atoms with van der Waals surface area (Å²) in [5, 5.41) is 6.91. The minimum atomic E-state index is -0.266. The molecule has 0 amide bonds. The molecule has 7 nitrogen and oxygen atoms in total. The molecule has 1 unspecified atom stereocenters. The van der Waals surface area contributed by atoms with Crippen LogP contribution in [0.25, 0.3) is 0 Å². The first-order valence-corrected chi connectivity index (χ1v) is 9.94. The Morgan fingerprint density at radius 1 is 1.07 bits per heavy atom. The van der Waals surface area contributed by atoms with Gasteiger partial charge in [0.15, 0.2) is 17.5 Å². The van der Waals surface area contributed by atoms with Crippen molar-refractivity contribution in [1.29, 1.82) is 0 Å². The Morgan fingerprint density at radius 3 is 2.40 bits per heavy atom. The zero-order valence-corrected chi connectivity index (χ0v) is 18.5. The molecule has 0 aliphatic carbocycles. The molecule has 0 saturated heterocycles. The van der Waals surface area contributed by atoms with Crippen LogP contribution in [-0.4, -0.2) is 39.9 Å². The number of hydrogen-bond donors (Lipinski definition) is 2. The Morgan fingerprint density at radius 2 is 1.73 bits per heavy atom. The van der Waals surface area contributed by atoms with Crippen LogP contribution in [0.5, 0.6) is 23.0 Å². The molecule has 0 aromatic heterocycles. The number of fused-ring (bicyclic) bond motifs is 1. The summed E-state index contributed by atoms with van der Waals surface area (Å²) in [5.74, 6) is 3.60. The van der Waals surface area contributed by atoms with Crippen LogP contribution in [0.1, 0.15) is 37.4 Å². The van der Waals surface area contributed by atoms with Crippen LogP contribution in [0.15, 0.2) is 41.4 Å². The number of aliphatic imine (C=N–C) groups is 1. The van der Waals surface area contributed by atoms with Crippen molar-refractivity contribution in [3.8, 4) is 23.0 Å². The van der Waals surface area contributed by atoms with Crippen molar-refractivity contribution in [3.05, 3.63) is 47.5 Å². The summed E-state index contributed by atoms with van der Waals surface area (Å²) >= 11 is 0. The molecule has 0 spiro atoms. The van der Waals surface area contributed by atoms with Crippen molar-refractivity contribution in [2.75, 3.05) is 28.4 Å². The number of benzene rings is 2. The number of ether oxygens (including phenoxy) is 4. The van der Waals surface area contributed by atoms with Gasteiger partial charge in [-0.15, -0.1) is 0 Å². The molecule has 2 aromatic rings. The molecular formula is C23H31N3O4. The largest absolute Gasteiger partial charge is 0.496 e. The lowest BCUT2D eigenvalue weighted by Crippen LogP contribution is -2.45. The van der Waals surface area contributed by atoms with Gasteiger partial charge in [0.1, 0.15) is 17.1 Å². The van der Waals surface area contributed by atoms with Gasteiger partial charge in [-0.3, -0.25) is 4.99 Å². The number of guanidine groups is 1. The lowest BCUT2D eigenvalue weighted by atomic mass is 9.90. The normalized spacial score (nSPS) is 17.4. The minimum absolute atomic E-state index is 0.0865. The summed E-state index contributed by atoms with van der Waals surface area (Å²) < 4.78 is 22.4. The van der Waals surface area contributed by atoms with Gasteiger partial charge in [0.2, 0.25) is 0 Å². The van der Waals surface area contributed by atoms with Gasteiger partial charge in [0, 0.05) is 37.2 Å². The number of nitrogens with one attached hydrogen (secondary N) is 2. The van der Waals surface area contributed by atoms with Crippen LogP contribution < -0.4 is 29.6 Å². The van der Waals surface area contributed by atoms with Crippen molar-refractivity contribution < 1.29 is 18.9 Å². The Balaban J connectivity index is 1.76. The average Bonchev–Trinajstić information content (AvgIpc) is 2.74. The topological polar surface area (TPSA) is 73.3 Å². The molecule has 162 valence electrons. The fraction of sp³-hybridized carbons (Fsp3) is 0.435. The van der Waals surface area contributed by atoms with Crippen molar-refractivity contribution in [1.82, 2.24) is 10.6 Å². The average molecular weight is 414 g/mol. The molecule has 1 aliphatic heterocycles. The first-order chi connectivity index (χ1) is 14.4. The van der Waals surface area contributed by atoms with E-state index in [-0.39, 0.29) is 11.6 Å². The van der Waals surface area contributed by atoms with Gasteiger partial charge in [-0.1, -0.05) is 18.2 Å². The van der Waals surface area contributed by atoms with E-state index in [2.05, 4.69) is 35.5 Å². The number of rotatable bonds is 6. The SMILES string of the molecule is CN=C(NCc1cc(OC)c(OC)cc1OC)NC1CC(C)(C)Oc2ccccc21. The minimum Gasteiger partial charge on any atom is -0.496 e. The van der Waals surface area contributed by atoms with Gasteiger partial charge in [-0.2, -0.15) is 0 Å². The van der Waals surface area contributed by atoms with E-state index in [0.717, 1.165) is 23.3 Å². The first-order valence-electron chi connectivity index (χ1n) is 9.94. The fourth-order valence-corrected chi connectivity index (χ4v) is 3.70. The molecule has 7 heteroatoms. The van der Waals surface area contributed by atoms with Gasteiger partial charge in [-0.25, -0.2) is 0 Å². The molecule has 2 aromatic carbocycles. The van der Waals surface area contributed by atoms with E-state index in [1.54, 1.807) is 28.4 Å². The maximum Gasteiger partial charge on any atom is 0.191 e. The lowest BCUT2D eigenvalue weighted by Gasteiger charge is -2.38. The highest BCUT2D eigenvalue weighted by molar-refractivity contribution is 5.80. The van der Waals surface area contributed by atoms with Gasteiger partial charge in [-0.05, 0) is 26.0 Å². The quantitative estimate of drug-likeness (QED) is 0.556. The van der Waals surface area contributed by atoms with Crippen LogP contribution in [0.3, 0.4) is 0 Å². The zero-order valence-electron chi connectivity index (χ0n) is 18.5. The molecule has 2 N–H and O–H groups in total. The molecule has 0 bridgehead atoms. The van der Waals surface area contributed by atoms with Gasteiger partial charge < -0.3 is 29.6 Å². The third-order valence-corrected chi connectivity index (χ3v) is 5.14. The van der Waals surface area contributed by atoms with Crippen LogP contribution in [-0.2, 0) is 6.54 Å². The van der Waals surface area contributed by atoms with E-state index >= 15 is 0 Å². The maximum atomic E-state index is 6.13. The number of para-hydroxylation sites is 1. The van der Waals surface area contributed by atoms with Crippen LogP contribution in [0, 0.1) is 0 Å². The standard InChI is InChI=1S/C23H31N3O4/c1-23(2)13-17(16-9-7-8-10-18(16)30-23)26-22(24-3)25-14-15-11-20(28-5)21(29-6)12-19(15)27-4/h7-12,17H,13-14H2,1-6H3,(H2,24,25,26). The molecular weight excluding hydrogens is 382 g/mol. The molecule has 0 fully saturated rings. The monoisotopic (exact) mass is 413 g/mol. The van der Waals surface area contributed by atoms with Crippen molar-refractivity contribution in [2.24, 2.45) is 4.99 Å². The molecule has 3 rings (SSSR count). The van der Waals surface area contributed by atoms with Gasteiger partial charge in [0.25, 0.3) is 0 Å². The summed E-state index contributed by atoms with van der Waals surface area (Å²) in [4.78, 5) is 4.41. The Hall–Kier alpha value is -3.09. The lowest BCUT2D eigenvalue weighted by molar-refractivity contribution is 0.0694. The van der Waals surface area contributed by atoms with E-state index in [1.807, 2.05) is 30.3 Å². The molecule has 0 saturated carbocycles. The van der Waals surface area contributed by atoms with Crippen LogP contribution in [0.2, 0.25) is 0 Å². The molecule has 30 heavy (non-hydrogen) atoms. The Bertz CT molecular complexity index is 911. The van der Waals surface area contributed by atoms with E-state index in [1.165, 1.54) is 0 Å². The van der Waals surface area contributed by atoms with E-state index in [9.17, 15) is 0 Å². The summed E-state index contributed by atoms with van der Waals surface area (Å²) in [6.07, 6.45) is 0.824. The zero-order chi connectivity index (χ0) is 21.7. The smallest absolute Gasteiger partial charge is 0.191 e. The van der Waals surface area contributed by atoms with E-state index < -0.39 is 0 Å². The highest BCUT2D eigenvalue weighted by Crippen LogP contribution is 2.39. The predicted octanol–water partition coefficient (Wildman–Crippen LogP) is 3.68. The fourth-order valence-electron chi connectivity index (χ4n) is 3.70. The second kappa shape index (κ2) is 9.15. The summed E-state index contributed by atoms with van der Waals surface area (Å²) in [6.45, 7) is 4.71. The number of nitrogens with zero attached hydrogens (tertiary/aromatic N) is 1. The van der Waals surface area contributed by atoms with Gasteiger partial charge in [0.05, 0.1) is 27.4 Å². The van der Waals surface area contributed by atoms with E-state index in [0.29, 0.717) is 29.8 Å². The molecule has 1 aliphatic rings. The van der Waals surface area contributed by atoms with Crippen molar-refractivity contribution in [3.63, 3.8) is 0 Å². The summed E-state index contributed by atoms with van der Waals surface area (Å²) in [5.41, 5.74) is 1.80. The van der Waals surface area contributed by atoms with Gasteiger partial charge >= 0.3 is 0 Å². The Labute approximate surface area is 178 Å². The molecule has 0 radical (unpaired) electrons. The number of methoxy groups -OCH3 is 3. The second-order valence-electron chi connectivity index (χ2n) is 7.75. The summed E-state index contributed by atoms with van der Waals surface area (Å²) in [7, 11) is 6.62. The van der Waals surface area contributed by atoms with E-state index in [4.69, 9.17) is 18.9 Å². The van der Waals surface area contributed by atoms with Crippen molar-refractivity contribution in [2.45, 2.75) is 38.5 Å². The van der Waals surface area contributed by atoms with Crippen LogP contribution >= 0.6 is 0 Å². The van der Waals surface area contributed by atoms with Crippen molar-refractivity contribution >= 4 is 5.96 Å². The molecule has 1 atom stereocenters. The van der Waals surface area contributed by atoms with Crippen LogP contribution in [0.4, 0.5) is 0 Å². The number of hydrogen-bond acceptors (Lipinski definition) is 5. The third-order valence-electron chi connectivity index (χ3n) is 5.14. The maximum absolute atomic E-state index is 6.13. The molecule has 1 heterocycles. The highest BCUT2D eigenvalue weighted by atomic mass is 16.5. The first kappa shape index (κ1) is 21.6. The predicted molar refractivity (Wildman–Crippen MR) is 118 cm³/mol. The summed E-state index contributed by atoms with van der Waals surface area (Å²) in [6, 6.07) is 11.9. The Kier molecular flexibility index (Phi) is 6.59. The third kappa shape index (κ3) is 4.72. The second-order valence-corrected chi connectivity index (χ2v) is 7.75. The highest BCUT2D eigenvalue weighted by Gasteiger charge is 2.34.